The minimum Gasteiger partial charge on any atom is -0.396 e. The van der Waals surface area contributed by atoms with Crippen LogP contribution in [0.1, 0.15) is 6.42 Å². The molecular weight excluding hydrogens is 92.1 g/mol. The van der Waals surface area contributed by atoms with E-state index < -0.39 is 0 Å². The Balaban J connectivity index is 2.06. The van der Waals surface area contributed by atoms with Gasteiger partial charge in [-0.25, -0.2) is 0 Å². The van der Waals surface area contributed by atoms with Crippen molar-refractivity contribution in [1.82, 2.24) is 0 Å². The molecule has 0 amide bonds. The molecule has 0 bridgehead atoms. The molecule has 0 heterocycles. The summed E-state index contributed by atoms with van der Waals surface area (Å²) in [6.07, 6.45) is 1.02. The summed E-state index contributed by atoms with van der Waals surface area (Å²) in [5.41, 5.74) is 0. The maximum Gasteiger partial charge on any atom is 0.0462 e. The summed E-state index contributed by atoms with van der Waals surface area (Å²) < 4.78 is 0. The summed E-state index contributed by atoms with van der Waals surface area (Å²) in [7, 11) is 0. The Morgan fingerprint density at radius 3 is 1.71 bits per heavy atom. The minimum atomic E-state index is 0.255. The largest absolute Gasteiger partial charge is 0.396 e. The highest BCUT2D eigenvalue weighted by Gasteiger charge is 2.35. The third-order valence-electron chi connectivity index (χ3n) is 1.54. The second-order valence-corrected chi connectivity index (χ2v) is 2.12. The lowest BCUT2D eigenvalue weighted by Gasteiger charge is -1.84. The van der Waals surface area contributed by atoms with Crippen molar-refractivity contribution in [1.29, 1.82) is 0 Å². The van der Waals surface area contributed by atoms with E-state index in [1.54, 1.807) is 0 Å². The van der Waals surface area contributed by atoms with E-state index >= 15 is 0 Å². The van der Waals surface area contributed by atoms with Crippen LogP contribution in [0.2, 0.25) is 0 Å². The van der Waals surface area contributed by atoms with Crippen molar-refractivity contribution in [2.45, 2.75) is 6.42 Å². The zero-order valence-electron chi connectivity index (χ0n) is 4.17. The third-order valence-corrected chi connectivity index (χ3v) is 1.54. The van der Waals surface area contributed by atoms with Crippen LogP contribution in [0, 0.1) is 11.8 Å². The lowest BCUT2D eigenvalue weighted by atomic mass is 10.3. The second kappa shape index (κ2) is 1.80. The Hall–Kier alpha value is -0.0800. The summed E-state index contributed by atoms with van der Waals surface area (Å²) in [5, 5.41) is 16.8. The molecule has 2 heteroatoms. The van der Waals surface area contributed by atoms with E-state index in [-0.39, 0.29) is 13.2 Å². The SMILES string of the molecule is OC[C@@H]1C[C@H]1CO. The molecule has 1 fully saturated rings. The standard InChI is InChI=1S/C5H10O2/c6-2-4-1-5(4)3-7/h4-7H,1-3H2/t4-,5-/m0/s1. The van der Waals surface area contributed by atoms with Crippen molar-refractivity contribution in [3.05, 3.63) is 0 Å². The number of rotatable bonds is 2. The fraction of sp³-hybridized carbons (Fsp3) is 1.00. The van der Waals surface area contributed by atoms with Crippen molar-refractivity contribution >= 4 is 0 Å². The molecule has 0 aromatic rings. The molecule has 2 N–H and O–H groups in total. The molecule has 2 nitrogen and oxygen atoms in total. The van der Waals surface area contributed by atoms with Gasteiger partial charge in [-0.2, -0.15) is 0 Å². The summed E-state index contributed by atoms with van der Waals surface area (Å²) in [4.78, 5) is 0. The molecule has 1 aliphatic rings. The first-order chi connectivity index (χ1) is 3.38. The molecule has 1 aliphatic carbocycles. The quantitative estimate of drug-likeness (QED) is 0.498. The van der Waals surface area contributed by atoms with Gasteiger partial charge in [-0.05, 0) is 18.3 Å². The highest BCUT2D eigenvalue weighted by Crippen LogP contribution is 2.36. The van der Waals surface area contributed by atoms with Gasteiger partial charge in [-0.15, -0.1) is 0 Å². The fourth-order valence-corrected chi connectivity index (χ4v) is 0.758. The first kappa shape index (κ1) is 5.06. The van der Waals surface area contributed by atoms with Gasteiger partial charge in [0.25, 0.3) is 0 Å². The van der Waals surface area contributed by atoms with Gasteiger partial charge in [0, 0.05) is 13.2 Å². The summed E-state index contributed by atoms with van der Waals surface area (Å²) in [6, 6.07) is 0. The van der Waals surface area contributed by atoms with Crippen LogP contribution in [-0.4, -0.2) is 23.4 Å². The van der Waals surface area contributed by atoms with Gasteiger partial charge in [0.1, 0.15) is 0 Å². The smallest absolute Gasteiger partial charge is 0.0462 e. The molecule has 0 aliphatic heterocycles. The van der Waals surface area contributed by atoms with Gasteiger partial charge < -0.3 is 10.2 Å². The maximum atomic E-state index is 8.40. The van der Waals surface area contributed by atoms with Crippen LogP contribution < -0.4 is 0 Å². The van der Waals surface area contributed by atoms with Gasteiger partial charge in [0.05, 0.1) is 0 Å². The maximum absolute atomic E-state index is 8.40. The Labute approximate surface area is 42.8 Å². The molecule has 0 aromatic carbocycles. The Morgan fingerprint density at radius 2 is 1.57 bits per heavy atom. The minimum absolute atomic E-state index is 0.255. The van der Waals surface area contributed by atoms with Gasteiger partial charge >= 0.3 is 0 Å². The molecule has 0 unspecified atom stereocenters. The van der Waals surface area contributed by atoms with Crippen molar-refractivity contribution in [2.75, 3.05) is 13.2 Å². The zero-order valence-corrected chi connectivity index (χ0v) is 4.17. The molecule has 0 aromatic heterocycles. The van der Waals surface area contributed by atoms with Crippen molar-refractivity contribution in [3.8, 4) is 0 Å². The average molecular weight is 102 g/mol. The van der Waals surface area contributed by atoms with E-state index in [9.17, 15) is 0 Å². The molecule has 2 atom stereocenters. The number of hydrogen-bond acceptors (Lipinski definition) is 2. The van der Waals surface area contributed by atoms with Crippen LogP contribution in [0.5, 0.6) is 0 Å². The fourth-order valence-electron chi connectivity index (χ4n) is 0.758. The molecule has 1 saturated carbocycles. The molecule has 42 valence electrons. The molecule has 0 radical (unpaired) electrons. The van der Waals surface area contributed by atoms with Gasteiger partial charge in [0.2, 0.25) is 0 Å². The summed E-state index contributed by atoms with van der Waals surface area (Å²) in [6.45, 7) is 0.510. The van der Waals surface area contributed by atoms with E-state index in [0.717, 1.165) is 6.42 Å². The van der Waals surface area contributed by atoms with Crippen molar-refractivity contribution < 1.29 is 10.2 Å². The Bertz CT molecular complexity index is 55.1. The Kier molecular flexibility index (Phi) is 1.30. The van der Waals surface area contributed by atoms with Gasteiger partial charge in [-0.1, -0.05) is 0 Å². The van der Waals surface area contributed by atoms with E-state index in [1.165, 1.54) is 0 Å². The van der Waals surface area contributed by atoms with Gasteiger partial charge in [-0.3, -0.25) is 0 Å². The lowest BCUT2D eigenvalue weighted by molar-refractivity contribution is 0.232. The van der Waals surface area contributed by atoms with E-state index in [0.29, 0.717) is 11.8 Å². The molecule has 0 spiro atoms. The van der Waals surface area contributed by atoms with Gasteiger partial charge in [0.15, 0.2) is 0 Å². The zero-order chi connectivity index (χ0) is 5.28. The predicted octanol–water partition coefficient (Wildman–Crippen LogP) is -0.393. The van der Waals surface area contributed by atoms with Crippen molar-refractivity contribution in [3.63, 3.8) is 0 Å². The average Bonchev–Trinajstić information content (AvgIpc) is 2.43. The topological polar surface area (TPSA) is 40.5 Å². The summed E-state index contributed by atoms with van der Waals surface area (Å²) in [5.74, 6) is 0.843. The van der Waals surface area contributed by atoms with E-state index in [2.05, 4.69) is 0 Å². The van der Waals surface area contributed by atoms with Crippen LogP contribution in [-0.2, 0) is 0 Å². The van der Waals surface area contributed by atoms with E-state index in [1.807, 2.05) is 0 Å². The van der Waals surface area contributed by atoms with Crippen LogP contribution in [0.15, 0.2) is 0 Å². The molecule has 7 heavy (non-hydrogen) atoms. The van der Waals surface area contributed by atoms with Crippen LogP contribution in [0.4, 0.5) is 0 Å². The molecule has 1 rings (SSSR count). The molecular formula is C5H10O2. The second-order valence-electron chi connectivity index (χ2n) is 2.12. The summed E-state index contributed by atoms with van der Waals surface area (Å²) >= 11 is 0. The number of hydrogen-bond donors (Lipinski definition) is 2. The first-order valence-electron chi connectivity index (χ1n) is 2.60. The van der Waals surface area contributed by atoms with Crippen LogP contribution in [0.3, 0.4) is 0 Å². The Morgan fingerprint density at radius 1 is 1.14 bits per heavy atom. The van der Waals surface area contributed by atoms with Crippen molar-refractivity contribution in [2.24, 2.45) is 11.8 Å². The number of aliphatic hydroxyl groups is 2. The third kappa shape index (κ3) is 0.924. The predicted molar refractivity (Wildman–Crippen MR) is 25.8 cm³/mol. The first-order valence-corrected chi connectivity index (χ1v) is 2.60. The monoisotopic (exact) mass is 102 g/mol. The van der Waals surface area contributed by atoms with Crippen LogP contribution in [0.25, 0.3) is 0 Å². The molecule has 0 saturated heterocycles. The van der Waals surface area contributed by atoms with E-state index in [4.69, 9.17) is 10.2 Å². The number of aliphatic hydroxyl groups excluding tert-OH is 2. The normalized spacial score (nSPS) is 38.6. The highest BCUT2D eigenvalue weighted by molar-refractivity contribution is 4.84. The van der Waals surface area contributed by atoms with Crippen LogP contribution >= 0.6 is 0 Å². The lowest BCUT2D eigenvalue weighted by Crippen LogP contribution is -1.91. The highest BCUT2D eigenvalue weighted by atomic mass is 16.3.